The Morgan fingerprint density at radius 3 is 1.00 bits per heavy atom. The third-order valence-corrected chi connectivity index (χ3v) is 8.66. The Morgan fingerprint density at radius 1 is 0.500 bits per heavy atom. The Hall–Kier alpha value is -0.780. The van der Waals surface area contributed by atoms with Crippen LogP contribution in [0, 0.1) is 47.3 Å². The van der Waals surface area contributed by atoms with Crippen LogP contribution >= 0.6 is 0 Å². The van der Waals surface area contributed by atoms with Crippen LogP contribution in [0.5, 0.6) is 0 Å². The van der Waals surface area contributed by atoms with Gasteiger partial charge in [0, 0.05) is 0 Å². The van der Waals surface area contributed by atoms with Gasteiger partial charge in [-0.1, -0.05) is 33.4 Å². The maximum atomic E-state index is 2.37. The van der Waals surface area contributed by atoms with Gasteiger partial charge in [0.05, 0.1) is 0 Å². The van der Waals surface area contributed by atoms with E-state index in [2.05, 4.69) is 27.7 Å². The molecule has 0 saturated heterocycles. The second kappa shape index (κ2) is 3.65. The van der Waals surface area contributed by atoms with E-state index in [-0.39, 0.29) is 0 Å². The molecule has 8 aliphatic carbocycles. The smallest absolute Gasteiger partial charge is 0.0125 e. The van der Waals surface area contributed by atoms with Gasteiger partial charge in [0.25, 0.3) is 0 Å². The molecule has 0 aromatic carbocycles. The lowest BCUT2D eigenvalue weighted by Crippen LogP contribution is -2.15. The molecule has 0 heteroatoms. The first kappa shape index (κ1) is 12.6. The number of rotatable bonds is 0. The molecule has 0 heterocycles. The van der Waals surface area contributed by atoms with E-state index in [4.69, 9.17) is 0 Å². The zero-order chi connectivity index (χ0) is 14.9. The zero-order valence-electron chi connectivity index (χ0n) is 14.4. The van der Waals surface area contributed by atoms with Crippen molar-refractivity contribution in [1.29, 1.82) is 0 Å². The molecule has 0 aliphatic heterocycles. The molecule has 0 spiro atoms. The van der Waals surface area contributed by atoms with E-state index in [1.165, 1.54) is 25.7 Å². The van der Waals surface area contributed by atoms with E-state index < -0.39 is 0 Å². The molecule has 8 rings (SSSR count). The summed E-state index contributed by atoms with van der Waals surface area (Å²) in [5, 5.41) is 0. The van der Waals surface area contributed by atoms with Crippen LogP contribution in [-0.2, 0) is 0 Å². The Bertz CT molecular complexity index is 588. The number of allylic oxidation sites excluding steroid dienone is 6. The molecule has 0 N–H and O–H groups in total. The van der Waals surface area contributed by atoms with Crippen molar-refractivity contribution < 1.29 is 0 Å². The highest BCUT2D eigenvalue weighted by Crippen LogP contribution is 2.75. The largest absolute Gasteiger partial charge is 0.0766 e. The summed E-state index contributed by atoms with van der Waals surface area (Å²) in [6.07, 6.45) is 6.11. The summed E-state index contributed by atoms with van der Waals surface area (Å²) >= 11 is 0. The Labute approximate surface area is 134 Å². The van der Waals surface area contributed by atoms with Gasteiger partial charge < -0.3 is 0 Å². The van der Waals surface area contributed by atoms with Crippen molar-refractivity contribution in [3.8, 4) is 0 Å². The molecule has 8 unspecified atom stereocenters. The minimum atomic E-state index is 0.974. The SMILES string of the molecule is CC(C)=C1C2CC3C(=C4C5CC6C(=C(C)C)C5CC46)C2CC13. The van der Waals surface area contributed by atoms with Crippen molar-refractivity contribution in [3.05, 3.63) is 33.4 Å². The van der Waals surface area contributed by atoms with Crippen molar-refractivity contribution in [2.45, 2.75) is 53.4 Å². The Kier molecular flexibility index (Phi) is 2.10. The summed E-state index contributed by atoms with van der Waals surface area (Å²) in [4.78, 5) is 0. The van der Waals surface area contributed by atoms with E-state index in [0.29, 0.717) is 0 Å². The van der Waals surface area contributed by atoms with Crippen LogP contribution in [0.1, 0.15) is 53.4 Å². The quantitative estimate of drug-likeness (QED) is 0.515. The summed E-state index contributed by atoms with van der Waals surface area (Å²) in [6, 6.07) is 0. The number of hydrogen-bond donors (Lipinski definition) is 0. The first-order chi connectivity index (χ1) is 10.6. The van der Waals surface area contributed by atoms with Crippen LogP contribution in [-0.4, -0.2) is 0 Å². The lowest BCUT2D eigenvalue weighted by Gasteiger charge is -2.25. The fourth-order valence-corrected chi connectivity index (χ4v) is 8.60. The molecule has 8 aliphatic rings. The lowest BCUT2D eigenvalue weighted by atomic mass is 9.79. The van der Waals surface area contributed by atoms with E-state index >= 15 is 0 Å². The second-order valence-corrected chi connectivity index (χ2v) is 9.62. The third kappa shape index (κ3) is 1.13. The van der Waals surface area contributed by atoms with E-state index in [9.17, 15) is 0 Å². The van der Waals surface area contributed by atoms with Crippen molar-refractivity contribution in [2.75, 3.05) is 0 Å². The predicted molar refractivity (Wildman–Crippen MR) is 90.2 cm³/mol. The van der Waals surface area contributed by atoms with E-state index in [1.807, 2.05) is 22.3 Å². The molecular formula is C22H28. The molecule has 8 saturated carbocycles. The molecule has 8 fully saturated rings. The molecule has 0 radical (unpaired) electrons. The van der Waals surface area contributed by atoms with Crippen LogP contribution in [0.15, 0.2) is 33.4 Å². The monoisotopic (exact) mass is 292 g/mol. The van der Waals surface area contributed by atoms with Crippen LogP contribution in [0.2, 0.25) is 0 Å². The highest BCUT2D eigenvalue weighted by Gasteiger charge is 2.66. The standard InChI is InChI=1S/C22H28/c1-9(2)19-11-5-15-12(19)6-16(11)21(15)22-17-7-13-18(22)8-14(17)20(13)10(3)4/h11-18H,5-8H2,1-4H3. The minimum absolute atomic E-state index is 0.974. The fraction of sp³-hybridized carbons (Fsp3) is 0.727. The van der Waals surface area contributed by atoms with Gasteiger partial charge in [0.15, 0.2) is 0 Å². The van der Waals surface area contributed by atoms with Crippen LogP contribution < -0.4 is 0 Å². The van der Waals surface area contributed by atoms with Crippen LogP contribution in [0.25, 0.3) is 0 Å². The summed E-state index contributed by atoms with van der Waals surface area (Å²) in [5.41, 5.74) is 11.2. The van der Waals surface area contributed by atoms with Crippen molar-refractivity contribution in [2.24, 2.45) is 47.3 Å². The van der Waals surface area contributed by atoms with Gasteiger partial charge in [0.1, 0.15) is 0 Å². The average Bonchev–Trinajstić information content (AvgIpc) is 3.26. The third-order valence-electron chi connectivity index (χ3n) is 8.66. The Balaban J connectivity index is 1.45. The lowest BCUT2D eigenvalue weighted by molar-refractivity contribution is 0.457. The van der Waals surface area contributed by atoms with Crippen molar-refractivity contribution >= 4 is 0 Å². The molecule has 8 bridgehead atoms. The fourth-order valence-electron chi connectivity index (χ4n) is 8.60. The first-order valence-electron chi connectivity index (χ1n) is 9.66. The maximum absolute atomic E-state index is 2.37. The van der Waals surface area contributed by atoms with Crippen molar-refractivity contribution in [3.63, 3.8) is 0 Å². The molecule has 22 heavy (non-hydrogen) atoms. The molecule has 0 nitrogen and oxygen atoms in total. The maximum Gasteiger partial charge on any atom is -0.0125 e. The summed E-state index contributed by atoms with van der Waals surface area (Å²) in [6.45, 7) is 9.48. The predicted octanol–water partition coefficient (Wildman–Crippen LogP) is 5.53. The normalized spacial score (nSPS) is 52.4. The van der Waals surface area contributed by atoms with Gasteiger partial charge in [-0.15, -0.1) is 0 Å². The van der Waals surface area contributed by atoms with Gasteiger partial charge in [-0.3, -0.25) is 0 Å². The van der Waals surface area contributed by atoms with Crippen molar-refractivity contribution in [1.82, 2.24) is 0 Å². The highest BCUT2D eigenvalue weighted by atomic mass is 14.7. The summed E-state index contributed by atoms with van der Waals surface area (Å²) < 4.78 is 0. The zero-order valence-corrected chi connectivity index (χ0v) is 14.4. The number of hydrogen-bond acceptors (Lipinski definition) is 0. The minimum Gasteiger partial charge on any atom is -0.0766 e. The van der Waals surface area contributed by atoms with Gasteiger partial charge in [-0.05, 0) is 101 Å². The molecule has 0 aromatic heterocycles. The summed E-state index contributed by atoms with van der Waals surface area (Å²) in [7, 11) is 0. The summed E-state index contributed by atoms with van der Waals surface area (Å²) in [5.74, 6) is 7.86. The highest BCUT2D eigenvalue weighted by molar-refractivity contribution is 5.52. The van der Waals surface area contributed by atoms with Gasteiger partial charge >= 0.3 is 0 Å². The van der Waals surface area contributed by atoms with Crippen LogP contribution in [0.3, 0.4) is 0 Å². The van der Waals surface area contributed by atoms with E-state index in [1.54, 1.807) is 11.1 Å². The first-order valence-corrected chi connectivity index (χ1v) is 9.66. The average molecular weight is 292 g/mol. The van der Waals surface area contributed by atoms with Crippen LogP contribution in [0.4, 0.5) is 0 Å². The second-order valence-electron chi connectivity index (χ2n) is 9.62. The molecule has 116 valence electrons. The molecule has 8 atom stereocenters. The molecular weight excluding hydrogens is 264 g/mol. The van der Waals surface area contributed by atoms with Gasteiger partial charge in [-0.2, -0.15) is 0 Å². The molecule has 0 aromatic rings. The van der Waals surface area contributed by atoms with Gasteiger partial charge in [0.2, 0.25) is 0 Å². The molecule has 0 amide bonds. The topological polar surface area (TPSA) is 0 Å². The Morgan fingerprint density at radius 2 is 0.773 bits per heavy atom. The van der Waals surface area contributed by atoms with E-state index in [0.717, 1.165) is 47.3 Å². The van der Waals surface area contributed by atoms with Gasteiger partial charge in [-0.25, -0.2) is 0 Å².